The van der Waals surface area contributed by atoms with Gasteiger partial charge in [0.1, 0.15) is 11.8 Å². The summed E-state index contributed by atoms with van der Waals surface area (Å²) in [6, 6.07) is 13.6. The average Bonchev–Trinajstić information content (AvgIpc) is 3.61. The summed E-state index contributed by atoms with van der Waals surface area (Å²) < 4.78 is 4.72. The summed E-state index contributed by atoms with van der Waals surface area (Å²) in [5.74, 6) is -1.18. The maximum Gasteiger partial charge on any atom is 0.248 e. The van der Waals surface area contributed by atoms with E-state index < -0.39 is 28.7 Å². The highest BCUT2D eigenvalue weighted by molar-refractivity contribution is 9.09. The van der Waals surface area contributed by atoms with Crippen LogP contribution in [0.1, 0.15) is 47.5 Å². The van der Waals surface area contributed by atoms with Gasteiger partial charge in [0.05, 0.1) is 35.8 Å². The molecular formula is C34H45BrN4O5S. The third-order valence-corrected chi connectivity index (χ3v) is 12.5. The van der Waals surface area contributed by atoms with E-state index in [1.165, 1.54) is 0 Å². The number of anilines is 3. The standard InChI is InChI=1S/C34H45BrN4O5S/c1-6-38(7-2)23-13-9-21(10-14-23)37-32(42)30-34-18-26(35)29(45-34)27(28(34)33(43)39(30)24(19-40)17-20(4)5)31(41)36-22-11-15-25(16-12-22)44-8-3/h9-16,20,24,26-30,40H,6-8,17-19H2,1-5H3,(H,36,41)(H,37,42)/t24-,26?,27+,28+,29+,30?,34?/m1/s1. The zero-order valence-electron chi connectivity index (χ0n) is 26.7. The number of carbonyl (C=O) groups is 3. The third-order valence-electron chi connectivity index (χ3n) is 9.32. The fourth-order valence-electron chi connectivity index (χ4n) is 7.46. The van der Waals surface area contributed by atoms with Gasteiger partial charge in [-0.15, -0.1) is 11.8 Å². The molecule has 3 heterocycles. The first-order valence-electron chi connectivity index (χ1n) is 16.0. The van der Waals surface area contributed by atoms with E-state index in [1.807, 2.05) is 45.0 Å². The Morgan fingerprint density at radius 1 is 1.04 bits per heavy atom. The first-order valence-corrected chi connectivity index (χ1v) is 17.8. The van der Waals surface area contributed by atoms with Crippen LogP contribution in [0.4, 0.5) is 17.1 Å². The summed E-state index contributed by atoms with van der Waals surface area (Å²) in [5.41, 5.74) is 2.33. The molecule has 3 aliphatic heterocycles. The normalized spacial score (nSPS) is 27.4. The van der Waals surface area contributed by atoms with Crippen LogP contribution in [0, 0.1) is 17.8 Å². The molecule has 2 bridgehead atoms. The third kappa shape index (κ3) is 6.32. The fraction of sp³-hybridized carbons (Fsp3) is 0.559. The molecule has 45 heavy (non-hydrogen) atoms. The van der Waals surface area contributed by atoms with Crippen molar-refractivity contribution in [1.29, 1.82) is 0 Å². The van der Waals surface area contributed by atoms with Crippen molar-refractivity contribution in [3.8, 4) is 5.75 Å². The molecular weight excluding hydrogens is 656 g/mol. The molecule has 3 amide bonds. The summed E-state index contributed by atoms with van der Waals surface area (Å²) in [5, 5.41) is 16.5. The number of likely N-dealkylation sites (tertiary alicyclic amines) is 1. The molecule has 3 aliphatic rings. The Hall–Kier alpha value is -2.76. The summed E-state index contributed by atoms with van der Waals surface area (Å²) in [4.78, 5) is 46.6. The number of benzene rings is 2. The first kappa shape index (κ1) is 33.6. The van der Waals surface area contributed by atoms with E-state index in [2.05, 4.69) is 45.3 Å². The lowest BCUT2D eigenvalue weighted by atomic mass is 9.70. The monoisotopic (exact) mass is 700 g/mol. The lowest BCUT2D eigenvalue weighted by molar-refractivity contribution is -0.141. The number of alkyl halides is 1. The van der Waals surface area contributed by atoms with Crippen LogP contribution in [-0.2, 0) is 14.4 Å². The van der Waals surface area contributed by atoms with Crippen LogP contribution in [0.2, 0.25) is 0 Å². The predicted molar refractivity (Wildman–Crippen MR) is 184 cm³/mol. The van der Waals surface area contributed by atoms with Gasteiger partial charge in [-0.3, -0.25) is 14.4 Å². The maximum absolute atomic E-state index is 14.5. The molecule has 0 radical (unpaired) electrons. The summed E-state index contributed by atoms with van der Waals surface area (Å²) in [6.07, 6.45) is 1.11. The summed E-state index contributed by atoms with van der Waals surface area (Å²) in [6.45, 7) is 12.2. The van der Waals surface area contributed by atoms with Crippen LogP contribution < -0.4 is 20.3 Å². The Morgan fingerprint density at radius 2 is 1.64 bits per heavy atom. The average molecular weight is 702 g/mol. The van der Waals surface area contributed by atoms with Gasteiger partial charge in [0.25, 0.3) is 0 Å². The highest BCUT2D eigenvalue weighted by atomic mass is 79.9. The van der Waals surface area contributed by atoms with Crippen LogP contribution in [0.5, 0.6) is 5.75 Å². The van der Waals surface area contributed by atoms with Crippen molar-refractivity contribution in [3.05, 3.63) is 48.5 Å². The number of nitrogens with one attached hydrogen (secondary N) is 2. The Balaban J connectivity index is 1.47. The highest BCUT2D eigenvalue weighted by Gasteiger charge is 2.76. The lowest BCUT2D eigenvalue weighted by Crippen LogP contribution is -2.55. The number of nitrogens with zero attached hydrogens (tertiary/aromatic N) is 2. The molecule has 1 spiro atoms. The number of carbonyl (C=O) groups excluding carboxylic acids is 3. The number of thioether (sulfide) groups is 1. The van der Waals surface area contributed by atoms with E-state index in [0.29, 0.717) is 36.6 Å². The molecule has 244 valence electrons. The number of fused-ring (bicyclic) bond motifs is 1. The molecule has 2 aromatic carbocycles. The molecule has 0 aromatic heterocycles. The molecule has 3 saturated heterocycles. The van der Waals surface area contributed by atoms with Crippen LogP contribution in [0.3, 0.4) is 0 Å². The molecule has 11 heteroatoms. The van der Waals surface area contributed by atoms with E-state index in [-0.39, 0.29) is 40.3 Å². The topological polar surface area (TPSA) is 111 Å². The number of aliphatic hydroxyl groups excluding tert-OH is 1. The Bertz CT molecular complexity index is 1370. The number of hydrogen-bond acceptors (Lipinski definition) is 7. The second kappa shape index (κ2) is 13.9. The van der Waals surface area contributed by atoms with E-state index in [4.69, 9.17) is 4.74 Å². The van der Waals surface area contributed by atoms with E-state index in [0.717, 1.165) is 18.8 Å². The number of hydrogen-bond donors (Lipinski definition) is 3. The van der Waals surface area contributed by atoms with Gasteiger partial charge >= 0.3 is 0 Å². The van der Waals surface area contributed by atoms with Gasteiger partial charge in [-0.2, -0.15) is 0 Å². The molecule has 9 nitrogen and oxygen atoms in total. The molecule has 5 rings (SSSR count). The number of amides is 3. The first-order chi connectivity index (χ1) is 21.6. The number of halogens is 1. The summed E-state index contributed by atoms with van der Waals surface area (Å²) >= 11 is 5.42. The molecule has 3 unspecified atom stereocenters. The minimum absolute atomic E-state index is 0.0519. The highest BCUT2D eigenvalue weighted by Crippen LogP contribution is 2.68. The van der Waals surface area contributed by atoms with Crippen molar-refractivity contribution in [2.24, 2.45) is 17.8 Å². The van der Waals surface area contributed by atoms with Gasteiger partial charge in [-0.05, 0) is 88.1 Å². The quantitative estimate of drug-likeness (QED) is 0.241. The second-order valence-corrected chi connectivity index (χ2v) is 15.2. The number of ether oxygens (including phenoxy) is 1. The molecule has 7 atom stereocenters. The lowest BCUT2D eigenvalue weighted by Gasteiger charge is -2.37. The van der Waals surface area contributed by atoms with Gasteiger partial charge < -0.3 is 30.3 Å². The fourth-order valence-corrected chi connectivity index (χ4v) is 11.1. The van der Waals surface area contributed by atoms with Crippen LogP contribution in [0.15, 0.2) is 48.5 Å². The van der Waals surface area contributed by atoms with Crippen LogP contribution in [0.25, 0.3) is 0 Å². The molecule has 0 saturated carbocycles. The van der Waals surface area contributed by atoms with Gasteiger partial charge in [-0.25, -0.2) is 0 Å². The minimum atomic E-state index is -0.841. The van der Waals surface area contributed by atoms with Gasteiger partial charge in [0.15, 0.2) is 0 Å². The van der Waals surface area contributed by atoms with E-state index in [9.17, 15) is 19.5 Å². The van der Waals surface area contributed by atoms with Gasteiger partial charge in [0.2, 0.25) is 17.7 Å². The number of aliphatic hydroxyl groups is 1. The largest absolute Gasteiger partial charge is 0.494 e. The van der Waals surface area contributed by atoms with Crippen molar-refractivity contribution in [3.63, 3.8) is 0 Å². The van der Waals surface area contributed by atoms with Crippen LogP contribution in [-0.4, -0.2) is 80.9 Å². The smallest absolute Gasteiger partial charge is 0.248 e. The van der Waals surface area contributed by atoms with Gasteiger partial charge in [-0.1, -0.05) is 29.8 Å². The maximum atomic E-state index is 14.5. The van der Waals surface area contributed by atoms with E-state index >= 15 is 0 Å². The van der Waals surface area contributed by atoms with Crippen molar-refractivity contribution >= 4 is 62.5 Å². The number of rotatable bonds is 13. The van der Waals surface area contributed by atoms with Gasteiger partial charge in [0, 0.05) is 40.2 Å². The Kier molecular flexibility index (Phi) is 10.4. The van der Waals surface area contributed by atoms with Crippen LogP contribution >= 0.6 is 27.7 Å². The Morgan fingerprint density at radius 3 is 2.20 bits per heavy atom. The second-order valence-electron chi connectivity index (χ2n) is 12.5. The van der Waals surface area contributed by atoms with E-state index in [1.54, 1.807) is 40.9 Å². The molecule has 2 aromatic rings. The Labute approximate surface area is 279 Å². The zero-order chi connectivity index (χ0) is 32.5. The zero-order valence-corrected chi connectivity index (χ0v) is 29.1. The van der Waals surface area contributed by atoms with Crippen molar-refractivity contribution in [2.45, 2.75) is 74.4 Å². The molecule has 3 N–H and O–H groups in total. The SMILES string of the molecule is CCOc1ccc(NC(=O)[C@H]2[C@H]3C(=O)N([C@@H](CO)CC(C)C)C(C(=O)Nc4ccc(N(CC)CC)cc4)C34CC(Br)[C@@H]2S4)cc1. The molecule has 3 fully saturated rings. The summed E-state index contributed by atoms with van der Waals surface area (Å²) in [7, 11) is 0. The minimum Gasteiger partial charge on any atom is -0.494 e. The van der Waals surface area contributed by atoms with Crippen molar-refractivity contribution in [1.82, 2.24) is 4.90 Å². The predicted octanol–water partition coefficient (Wildman–Crippen LogP) is 5.38. The van der Waals surface area contributed by atoms with Crippen molar-refractivity contribution < 1.29 is 24.2 Å². The van der Waals surface area contributed by atoms with Crippen molar-refractivity contribution in [2.75, 3.05) is 41.8 Å². The molecule has 0 aliphatic carbocycles.